The molecule has 0 amide bonds. The zero-order valence-corrected chi connectivity index (χ0v) is 9.26. The SMILES string of the molecule is Brc1ccccc1N1CCCCC1. The molecule has 0 unspecified atom stereocenters. The van der Waals surface area contributed by atoms with Crippen LogP contribution in [0.2, 0.25) is 0 Å². The van der Waals surface area contributed by atoms with Gasteiger partial charge in [-0.3, -0.25) is 0 Å². The molecule has 13 heavy (non-hydrogen) atoms. The molecular formula is C11H14BrN. The summed E-state index contributed by atoms with van der Waals surface area (Å²) in [5.41, 5.74) is 1.35. The van der Waals surface area contributed by atoms with Crippen LogP contribution in [-0.2, 0) is 0 Å². The minimum Gasteiger partial charge on any atom is -0.371 e. The summed E-state index contributed by atoms with van der Waals surface area (Å²) < 4.78 is 1.22. The van der Waals surface area contributed by atoms with Crippen molar-refractivity contribution < 1.29 is 0 Å². The molecule has 0 bridgehead atoms. The topological polar surface area (TPSA) is 3.24 Å². The van der Waals surface area contributed by atoms with Crippen molar-refractivity contribution in [3.63, 3.8) is 0 Å². The summed E-state index contributed by atoms with van der Waals surface area (Å²) in [6.45, 7) is 2.42. The molecule has 2 rings (SSSR count). The van der Waals surface area contributed by atoms with E-state index >= 15 is 0 Å². The lowest BCUT2D eigenvalue weighted by Gasteiger charge is -2.29. The first-order chi connectivity index (χ1) is 6.38. The number of nitrogens with zero attached hydrogens (tertiary/aromatic N) is 1. The van der Waals surface area contributed by atoms with E-state index < -0.39 is 0 Å². The Bertz CT molecular complexity index is 279. The Labute approximate surface area is 87.9 Å². The van der Waals surface area contributed by atoms with E-state index in [0.717, 1.165) is 0 Å². The number of piperidine rings is 1. The highest BCUT2D eigenvalue weighted by Gasteiger charge is 2.12. The summed E-state index contributed by atoms with van der Waals surface area (Å²) in [4.78, 5) is 2.47. The second kappa shape index (κ2) is 4.14. The van der Waals surface area contributed by atoms with E-state index in [2.05, 4.69) is 45.1 Å². The molecule has 1 aliphatic heterocycles. The van der Waals surface area contributed by atoms with Gasteiger partial charge in [0.15, 0.2) is 0 Å². The molecule has 1 aromatic rings. The number of para-hydroxylation sites is 1. The van der Waals surface area contributed by atoms with E-state index in [4.69, 9.17) is 0 Å². The summed E-state index contributed by atoms with van der Waals surface area (Å²) in [6.07, 6.45) is 4.06. The molecule has 0 aliphatic carbocycles. The summed E-state index contributed by atoms with van der Waals surface area (Å²) in [7, 11) is 0. The monoisotopic (exact) mass is 239 g/mol. The number of hydrogen-bond donors (Lipinski definition) is 0. The number of hydrogen-bond acceptors (Lipinski definition) is 1. The average molecular weight is 240 g/mol. The van der Waals surface area contributed by atoms with Crippen LogP contribution in [0.1, 0.15) is 19.3 Å². The van der Waals surface area contributed by atoms with Crippen LogP contribution in [0, 0.1) is 0 Å². The fraction of sp³-hybridized carbons (Fsp3) is 0.455. The highest BCUT2D eigenvalue weighted by Crippen LogP contribution is 2.27. The number of rotatable bonds is 1. The van der Waals surface area contributed by atoms with Crippen LogP contribution in [0.4, 0.5) is 5.69 Å². The molecule has 0 aromatic heterocycles. The molecule has 0 N–H and O–H groups in total. The summed E-state index contributed by atoms with van der Waals surface area (Å²) in [6, 6.07) is 8.48. The molecule has 70 valence electrons. The Hall–Kier alpha value is -0.500. The lowest BCUT2D eigenvalue weighted by molar-refractivity contribution is 0.577. The van der Waals surface area contributed by atoms with Gasteiger partial charge in [0, 0.05) is 17.6 Å². The van der Waals surface area contributed by atoms with Crippen molar-refractivity contribution in [2.24, 2.45) is 0 Å². The number of anilines is 1. The van der Waals surface area contributed by atoms with Gasteiger partial charge in [-0.25, -0.2) is 0 Å². The Morgan fingerprint density at radius 1 is 1.00 bits per heavy atom. The first kappa shape index (κ1) is 9.07. The van der Waals surface area contributed by atoms with Gasteiger partial charge < -0.3 is 4.90 Å². The predicted octanol–water partition coefficient (Wildman–Crippen LogP) is 3.44. The van der Waals surface area contributed by atoms with Crippen LogP contribution in [0.5, 0.6) is 0 Å². The van der Waals surface area contributed by atoms with Gasteiger partial charge in [-0.2, -0.15) is 0 Å². The first-order valence-electron chi connectivity index (χ1n) is 4.87. The Morgan fingerprint density at radius 3 is 2.38 bits per heavy atom. The standard InChI is InChI=1S/C11H14BrN/c12-10-6-2-3-7-11(10)13-8-4-1-5-9-13/h2-3,6-7H,1,4-5,8-9H2. The zero-order chi connectivity index (χ0) is 9.10. The first-order valence-corrected chi connectivity index (χ1v) is 5.67. The van der Waals surface area contributed by atoms with Crippen molar-refractivity contribution in [1.29, 1.82) is 0 Å². The lowest BCUT2D eigenvalue weighted by Crippen LogP contribution is -2.29. The Morgan fingerprint density at radius 2 is 1.69 bits per heavy atom. The van der Waals surface area contributed by atoms with Gasteiger partial charge in [-0.15, -0.1) is 0 Å². The Balaban J connectivity index is 2.18. The molecule has 1 aromatic carbocycles. The number of halogens is 1. The van der Waals surface area contributed by atoms with Crippen LogP contribution >= 0.6 is 15.9 Å². The molecule has 1 fully saturated rings. The molecule has 0 spiro atoms. The minimum atomic E-state index is 1.21. The molecule has 1 aliphatic rings. The Kier molecular flexibility index (Phi) is 2.89. The summed E-state index contributed by atoms with van der Waals surface area (Å²) in [5, 5.41) is 0. The molecule has 0 saturated carbocycles. The van der Waals surface area contributed by atoms with Crippen LogP contribution < -0.4 is 4.90 Å². The maximum absolute atomic E-state index is 3.59. The molecule has 0 radical (unpaired) electrons. The normalized spacial score (nSPS) is 17.5. The van der Waals surface area contributed by atoms with E-state index in [1.165, 1.54) is 42.5 Å². The van der Waals surface area contributed by atoms with Gasteiger partial charge >= 0.3 is 0 Å². The average Bonchev–Trinajstić information content (AvgIpc) is 2.20. The van der Waals surface area contributed by atoms with Gasteiger partial charge in [0.05, 0.1) is 5.69 Å². The van der Waals surface area contributed by atoms with E-state index in [9.17, 15) is 0 Å². The van der Waals surface area contributed by atoms with E-state index in [1.807, 2.05) is 0 Å². The van der Waals surface area contributed by atoms with Crippen LogP contribution in [0.15, 0.2) is 28.7 Å². The molecule has 0 atom stereocenters. The van der Waals surface area contributed by atoms with Crippen molar-refractivity contribution in [3.05, 3.63) is 28.7 Å². The van der Waals surface area contributed by atoms with Crippen molar-refractivity contribution in [3.8, 4) is 0 Å². The maximum atomic E-state index is 3.59. The smallest absolute Gasteiger partial charge is 0.0510 e. The molecule has 1 nitrogen and oxygen atoms in total. The van der Waals surface area contributed by atoms with Gasteiger partial charge in [0.2, 0.25) is 0 Å². The second-order valence-corrected chi connectivity index (χ2v) is 4.35. The van der Waals surface area contributed by atoms with Crippen LogP contribution in [0.25, 0.3) is 0 Å². The van der Waals surface area contributed by atoms with Crippen molar-refractivity contribution >= 4 is 21.6 Å². The molecule has 1 saturated heterocycles. The third kappa shape index (κ3) is 2.05. The van der Waals surface area contributed by atoms with E-state index in [0.29, 0.717) is 0 Å². The predicted molar refractivity (Wildman–Crippen MR) is 60.2 cm³/mol. The lowest BCUT2D eigenvalue weighted by atomic mass is 10.1. The van der Waals surface area contributed by atoms with Gasteiger partial charge in [0.1, 0.15) is 0 Å². The van der Waals surface area contributed by atoms with Crippen molar-refractivity contribution in [2.45, 2.75) is 19.3 Å². The van der Waals surface area contributed by atoms with Gasteiger partial charge in [-0.1, -0.05) is 12.1 Å². The molecule has 1 heterocycles. The highest BCUT2D eigenvalue weighted by molar-refractivity contribution is 9.10. The van der Waals surface area contributed by atoms with Gasteiger partial charge in [0.25, 0.3) is 0 Å². The quantitative estimate of drug-likeness (QED) is 0.726. The van der Waals surface area contributed by atoms with Crippen molar-refractivity contribution in [2.75, 3.05) is 18.0 Å². The molecular weight excluding hydrogens is 226 g/mol. The third-order valence-electron chi connectivity index (χ3n) is 2.55. The minimum absolute atomic E-state index is 1.21. The fourth-order valence-corrected chi connectivity index (χ4v) is 2.38. The van der Waals surface area contributed by atoms with Gasteiger partial charge in [-0.05, 0) is 47.3 Å². The fourth-order valence-electron chi connectivity index (χ4n) is 1.84. The van der Waals surface area contributed by atoms with Crippen LogP contribution in [-0.4, -0.2) is 13.1 Å². The van der Waals surface area contributed by atoms with E-state index in [-0.39, 0.29) is 0 Å². The molecule has 2 heteroatoms. The van der Waals surface area contributed by atoms with E-state index in [1.54, 1.807) is 0 Å². The third-order valence-corrected chi connectivity index (χ3v) is 3.22. The zero-order valence-electron chi connectivity index (χ0n) is 7.67. The summed E-state index contributed by atoms with van der Waals surface area (Å²) >= 11 is 3.59. The highest BCUT2D eigenvalue weighted by atomic mass is 79.9. The second-order valence-electron chi connectivity index (χ2n) is 3.50. The van der Waals surface area contributed by atoms with Crippen molar-refractivity contribution in [1.82, 2.24) is 0 Å². The summed E-state index contributed by atoms with van der Waals surface area (Å²) in [5.74, 6) is 0. The largest absolute Gasteiger partial charge is 0.371 e. The van der Waals surface area contributed by atoms with Crippen LogP contribution in [0.3, 0.4) is 0 Å². The number of benzene rings is 1. The maximum Gasteiger partial charge on any atom is 0.0510 e.